The highest BCUT2D eigenvalue weighted by molar-refractivity contribution is 6.09. The van der Waals surface area contributed by atoms with Gasteiger partial charge in [-0.3, -0.25) is 0 Å². The van der Waals surface area contributed by atoms with Crippen LogP contribution in [0, 0.1) is 0 Å². The van der Waals surface area contributed by atoms with Gasteiger partial charge in [-0.25, -0.2) is 13.9 Å². The van der Waals surface area contributed by atoms with Gasteiger partial charge in [0.25, 0.3) is 0 Å². The van der Waals surface area contributed by atoms with Crippen LogP contribution in [0.15, 0.2) is 0 Å². The third kappa shape index (κ3) is 5.08. The zero-order chi connectivity index (χ0) is 16.5. The molecule has 21 heavy (non-hydrogen) atoms. The lowest BCUT2D eigenvalue weighted by Crippen LogP contribution is -2.65. The van der Waals surface area contributed by atoms with Crippen LogP contribution in [0.5, 0.6) is 0 Å². The number of ether oxygens (including phenoxy) is 2. The molecule has 0 aliphatic carbocycles. The average Bonchev–Trinajstić information content (AvgIpc) is 2.46. The van der Waals surface area contributed by atoms with E-state index < -0.39 is 23.5 Å². The summed E-state index contributed by atoms with van der Waals surface area (Å²) in [6, 6.07) is 0. The molecule has 0 saturated heterocycles. The molecule has 0 spiro atoms. The maximum absolute atomic E-state index is 11.6. The summed E-state index contributed by atoms with van der Waals surface area (Å²) >= 11 is 4.93. The van der Waals surface area contributed by atoms with E-state index in [0.717, 1.165) is 0 Å². The molecular weight excluding hydrogens is 308 g/mol. The number of aliphatic hydroxyl groups is 3. The van der Waals surface area contributed by atoms with Gasteiger partial charge in [-0.1, -0.05) is 26.7 Å². The van der Waals surface area contributed by atoms with Crippen molar-refractivity contribution in [3.8, 4) is 0 Å². The van der Waals surface area contributed by atoms with Crippen LogP contribution in [-0.2, 0) is 23.4 Å². The van der Waals surface area contributed by atoms with E-state index in [2.05, 4.69) is 13.8 Å². The van der Waals surface area contributed by atoms with Gasteiger partial charge in [0.05, 0.1) is 25.1 Å². The van der Waals surface area contributed by atoms with Crippen LogP contribution >= 0.6 is 11.9 Å². The summed E-state index contributed by atoms with van der Waals surface area (Å²) in [6.45, 7) is 3.41. The molecule has 124 valence electrons. The van der Waals surface area contributed by atoms with Crippen molar-refractivity contribution in [3.63, 3.8) is 0 Å². The fourth-order valence-electron chi connectivity index (χ4n) is 1.18. The molecule has 1 atom stereocenters. The summed E-state index contributed by atoms with van der Waals surface area (Å²) in [5.41, 5.74) is 0. The molecule has 8 nitrogen and oxygen atoms in total. The van der Waals surface area contributed by atoms with Crippen molar-refractivity contribution in [1.29, 1.82) is 0 Å². The van der Waals surface area contributed by atoms with E-state index in [1.165, 1.54) is 0 Å². The Morgan fingerprint density at radius 2 is 1.38 bits per heavy atom. The van der Waals surface area contributed by atoms with Gasteiger partial charge in [0.2, 0.25) is 0 Å². The number of carbonyl (C=O) groups is 2. The SMILES string of the molecule is CCCCOC(=O)C(O)(O)C(O)(OCl)C(=O)OCCCC. The standard InChI is InChI=1S/C12H21ClO8/c1-3-5-7-19-9(14)11(16,17)12(18,21-13)10(15)20-8-6-4-2/h16-18H,3-8H2,1-2H3. The van der Waals surface area contributed by atoms with E-state index in [-0.39, 0.29) is 13.2 Å². The van der Waals surface area contributed by atoms with Crippen LogP contribution in [0.1, 0.15) is 39.5 Å². The van der Waals surface area contributed by atoms with E-state index in [1.807, 2.05) is 13.8 Å². The van der Waals surface area contributed by atoms with Crippen LogP contribution in [0.3, 0.4) is 0 Å². The topological polar surface area (TPSA) is 123 Å². The number of rotatable bonds is 10. The van der Waals surface area contributed by atoms with E-state index in [9.17, 15) is 24.9 Å². The molecule has 9 heteroatoms. The summed E-state index contributed by atoms with van der Waals surface area (Å²) in [5.74, 6) is -10.5. The third-order valence-electron chi connectivity index (χ3n) is 2.61. The Bertz CT molecular complexity index is 346. The molecule has 0 aromatic carbocycles. The predicted octanol–water partition coefficient (Wildman–Crippen LogP) is 0.213. The predicted molar refractivity (Wildman–Crippen MR) is 70.8 cm³/mol. The Morgan fingerprint density at radius 1 is 0.952 bits per heavy atom. The molecule has 0 aliphatic rings. The number of carbonyl (C=O) groups excluding carboxylic acids is 2. The number of unbranched alkanes of at least 4 members (excludes halogenated alkanes) is 2. The Kier molecular flexibility index (Phi) is 8.76. The van der Waals surface area contributed by atoms with Crippen molar-refractivity contribution in [1.82, 2.24) is 0 Å². The monoisotopic (exact) mass is 328 g/mol. The van der Waals surface area contributed by atoms with Crippen molar-refractivity contribution < 1.29 is 38.7 Å². The zero-order valence-electron chi connectivity index (χ0n) is 12.0. The molecule has 0 rings (SSSR count). The molecule has 0 aliphatic heterocycles. The highest BCUT2D eigenvalue weighted by Crippen LogP contribution is 2.26. The van der Waals surface area contributed by atoms with E-state index in [1.54, 1.807) is 0 Å². The minimum Gasteiger partial charge on any atom is -0.462 e. The molecule has 0 radical (unpaired) electrons. The van der Waals surface area contributed by atoms with Crippen LogP contribution in [0.2, 0.25) is 0 Å². The van der Waals surface area contributed by atoms with Crippen LogP contribution in [-0.4, -0.2) is 52.0 Å². The maximum Gasteiger partial charge on any atom is 0.374 e. The van der Waals surface area contributed by atoms with Crippen LogP contribution < -0.4 is 0 Å². The van der Waals surface area contributed by atoms with E-state index >= 15 is 0 Å². The number of halogens is 1. The average molecular weight is 329 g/mol. The Labute approximate surface area is 127 Å². The first kappa shape index (κ1) is 20.1. The lowest BCUT2D eigenvalue weighted by Gasteiger charge is -2.31. The van der Waals surface area contributed by atoms with E-state index in [4.69, 9.17) is 11.9 Å². The molecule has 1 unspecified atom stereocenters. The van der Waals surface area contributed by atoms with Crippen LogP contribution in [0.25, 0.3) is 0 Å². The first-order chi connectivity index (χ1) is 9.77. The van der Waals surface area contributed by atoms with Gasteiger partial charge < -0.3 is 24.8 Å². The summed E-state index contributed by atoms with van der Waals surface area (Å²) in [7, 11) is 0. The third-order valence-corrected chi connectivity index (χ3v) is 2.83. The lowest BCUT2D eigenvalue weighted by molar-refractivity contribution is -0.326. The molecule has 0 aromatic rings. The van der Waals surface area contributed by atoms with Gasteiger partial charge in [-0.15, -0.1) is 0 Å². The fourth-order valence-corrected chi connectivity index (χ4v) is 1.35. The highest BCUT2D eigenvalue weighted by atomic mass is 35.5. The molecule has 0 bridgehead atoms. The van der Waals surface area contributed by atoms with Gasteiger partial charge in [-0.2, -0.15) is 0 Å². The van der Waals surface area contributed by atoms with Crippen molar-refractivity contribution in [2.45, 2.75) is 51.1 Å². The molecular formula is C12H21ClO8. The maximum atomic E-state index is 11.6. The second-order valence-corrected chi connectivity index (χ2v) is 4.53. The number of hydrogen-bond donors (Lipinski definition) is 3. The summed E-state index contributed by atoms with van der Waals surface area (Å²) in [6.07, 6.45) is 2.31. The molecule has 0 saturated carbocycles. The second kappa shape index (κ2) is 9.16. The van der Waals surface area contributed by atoms with Gasteiger partial charge in [0.1, 0.15) is 0 Å². The molecule has 3 N–H and O–H groups in total. The Balaban J connectivity index is 4.91. The fraction of sp³-hybridized carbons (Fsp3) is 0.833. The molecule has 0 heterocycles. The van der Waals surface area contributed by atoms with Crippen molar-refractivity contribution in [3.05, 3.63) is 0 Å². The number of esters is 2. The zero-order valence-corrected chi connectivity index (χ0v) is 12.8. The quantitative estimate of drug-likeness (QED) is 0.295. The summed E-state index contributed by atoms with van der Waals surface area (Å²) in [4.78, 5) is 23.2. The summed E-state index contributed by atoms with van der Waals surface area (Å²) < 4.78 is 13.0. The minimum atomic E-state index is -3.70. The Morgan fingerprint density at radius 3 is 1.76 bits per heavy atom. The first-order valence-corrected chi connectivity index (χ1v) is 6.90. The molecule has 0 fully saturated rings. The van der Waals surface area contributed by atoms with Crippen molar-refractivity contribution in [2.75, 3.05) is 13.2 Å². The van der Waals surface area contributed by atoms with Crippen molar-refractivity contribution in [2.24, 2.45) is 0 Å². The van der Waals surface area contributed by atoms with E-state index in [0.29, 0.717) is 25.7 Å². The minimum absolute atomic E-state index is 0.112. The Hall–Kier alpha value is -0.930. The lowest BCUT2D eigenvalue weighted by atomic mass is 10.1. The smallest absolute Gasteiger partial charge is 0.374 e. The van der Waals surface area contributed by atoms with Gasteiger partial charge in [0, 0.05) is 0 Å². The van der Waals surface area contributed by atoms with Crippen molar-refractivity contribution >= 4 is 23.8 Å². The van der Waals surface area contributed by atoms with Gasteiger partial charge in [-0.05, 0) is 12.8 Å². The normalized spacial score (nSPS) is 14.4. The van der Waals surface area contributed by atoms with Gasteiger partial charge in [0.15, 0.2) is 0 Å². The van der Waals surface area contributed by atoms with Gasteiger partial charge >= 0.3 is 23.5 Å². The largest absolute Gasteiger partial charge is 0.462 e. The second-order valence-electron chi connectivity index (χ2n) is 4.37. The molecule has 0 amide bonds. The summed E-state index contributed by atoms with van der Waals surface area (Å²) in [5, 5.41) is 29.1. The van der Waals surface area contributed by atoms with Crippen LogP contribution in [0.4, 0.5) is 0 Å². The highest BCUT2D eigenvalue weighted by Gasteiger charge is 2.64. The number of hydrogen-bond acceptors (Lipinski definition) is 8. The molecule has 0 aromatic heterocycles. The first-order valence-electron chi connectivity index (χ1n) is 6.59.